The number of ether oxygens (including phenoxy) is 2. The van der Waals surface area contributed by atoms with E-state index in [2.05, 4.69) is 11.4 Å². The van der Waals surface area contributed by atoms with Crippen molar-refractivity contribution in [1.82, 2.24) is 9.80 Å². The maximum Gasteiger partial charge on any atom is 0.242 e. The molecule has 1 aromatic carbocycles. The zero-order valence-corrected chi connectivity index (χ0v) is 21.0. The van der Waals surface area contributed by atoms with Crippen molar-refractivity contribution in [2.24, 2.45) is 5.92 Å². The Morgan fingerprint density at radius 3 is 2.76 bits per heavy atom. The van der Waals surface area contributed by atoms with Gasteiger partial charge in [-0.1, -0.05) is 32.0 Å². The highest BCUT2D eigenvalue weighted by molar-refractivity contribution is 7.10. The number of benzene rings is 1. The van der Waals surface area contributed by atoms with Crippen molar-refractivity contribution in [3.8, 4) is 5.75 Å². The first-order chi connectivity index (χ1) is 15.9. The minimum absolute atomic E-state index is 0.0235. The summed E-state index contributed by atoms with van der Waals surface area (Å²) in [6.45, 7) is 8.27. The molecule has 0 aliphatic carbocycles. The Kier molecular flexibility index (Phi) is 9.32. The van der Waals surface area contributed by atoms with Crippen molar-refractivity contribution in [3.63, 3.8) is 0 Å². The number of carbonyl (C=O) groups is 2. The number of thiophene rings is 1. The van der Waals surface area contributed by atoms with E-state index in [1.165, 1.54) is 4.88 Å². The summed E-state index contributed by atoms with van der Waals surface area (Å²) < 4.78 is 11.3. The Morgan fingerprint density at radius 2 is 2.03 bits per heavy atom. The van der Waals surface area contributed by atoms with Gasteiger partial charge in [0.25, 0.3) is 0 Å². The van der Waals surface area contributed by atoms with Crippen molar-refractivity contribution >= 4 is 23.2 Å². The maximum atomic E-state index is 13.5. The van der Waals surface area contributed by atoms with Crippen LogP contribution in [-0.4, -0.2) is 61.6 Å². The molecule has 2 heterocycles. The molecular formula is C26H36N2O4S. The zero-order chi connectivity index (χ0) is 23.8. The molecule has 0 saturated carbocycles. The van der Waals surface area contributed by atoms with Gasteiger partial charge < -0.3 is 19.3 Å². The van der Waals surface area contributed by atoms with Crippen LogP contribution in [0.25, 0.3) is 0 Å². The lowest BCUT2D eigenvalue weighted by Gasteiger charge is -2.37. The molecule has 0 fully saturated rings. The SMILES string of the molecule is COCCCN(CC(=O)N1CCc2sccc2C1COc1ccccc1C)C(=O)CC(C)C. The van der Waals surface area contributed by atoms with E-state index in [1.807, 2.05) is 49.9 Å². The number of fused-ring (bicyclic) bond motifs is 1. The smallest absolute Gasteiger partial charge is 0.242 e. The molecule has 0 bridgehead atoms. The van der Waals surface area contributed by atoms with E-state index in [-0.39, 0.29) is 30.3 Å². The molecule has 2 amide bonds. The van der Waals surface area contributed by atoms with Crippen molar-refractivity contribution in [2.75, 3.05) is 40.0 Å². The minimum atomic E-state index is -0.159. The van der Waals surface area contributed by atoms with Gasteiger partial charge in [-0.3, -0.25) is 9.59 Å². The van der Waals surface area contributed by atoms with Crippen LogP contribution >= 0.6 is 11.3 Å². The van der Waals surface area contributed by atoms with Crippen LogP contribution in [-0.2, 0) is 20.7 Å². The van der Waals surface area contributed by atoms with E-state index in [1.54, 1.807) is 23.3 Å². The van der Waals surface area contributed by atoms with Gasteiger partial charge in [-0.25, -0.2) is 0 Å². The second-order valence-electron chi connectivity index (χ2n) is 8.99. The summed E-state index contributed by atoms with van der Waals surface area (Å²) in [6, 6.07) is 9.87. The molecule has 1 aliphatic rings. The molecule has 7 heteroatoms. The van der Waals surface area contributed by atoms with Crippen molar-refractivity contribution in [1.29, 1.82) is 0 Å². The second kappa shape index (κ2) is 12.2. The van der Waals surface area contributed by atoms with Crippen LogP contribution in [0.3, 0.4) is 0 Å². The summed E-state index contributed by atoms with van der Waals surface area (Å²) in [4.78, 5) is 31.3. The van der Waals surface area contributed by atoms with E-state index in [0.29, 0.717) is 39.1 Å². The number of nitrogens with zero attached hydrogens (tertiary/aromatic N) is 2. The summed E-state index contributed by atoms with van der Waals surface area (Å²) >= 11 is 1.73. The Labute approximate surface area is 201 Å². The molecule has 180 valence electrons. The number of hydrogen-bond donors (Lipinski definition) is 0. The fraction of sp³-hybridized carbons (Fsp3) is 0.538. The van der Waals surface area contributed by atoms with Gasteiger partial charge in [-0.05, 0) is 54.3 Å². The highest BCUT2D eigenvalue weighted by Gasteiger charge is 2.33. The predicted molar refractivity (Wildman–Crippen MR) is 132 cm³/mol. The van der Waals surface area contributed by atoms with Gasteiger partial charge in [-0.15, -0.1) is 11.3 Å². The van der Waals surface area contributed by atoms with E-state index in [9.17, 15) is 9.59 Å². The third-order valence-electron chi connectivity index (χ3n) is 5.94. The first-order valence-electron chi connectivity index (χ1n) is 11.7. The molecule has 33 heavy (non-hydrogen) atoms. The van der Waals surface area contributed by atoms with Crippen LogP contribution < -0.4 is 4.74 Å². The fourth-order valence-electron chi connectivity index (χ4n) is 4.19. The van der Waals surface area contributed by atoms with Crippen LogP contribution in [0.2, 0.25) is 0 Å². The summed E-state index contributed by atoms with van der Waals surface area (Å²) in [6.07, 6.45) is 1.99. The number of amides is 2. The molecule has 0 spiro atoms. The van der Waals surface area contributed by atoms with Crippen molar-refractivity contribution < 1.29 is 19.1 Å². The largest absolute Gasteiger partial charge is 0.491 e. The topological polar surface area (TPSA) is 59.1 Å². The fourth-order valence-corrected chi connectivity index (χ4v) is 5.11. The first-order valence-corrected chi connectivity index (χ1v) is 12.6. The first kappa shape index (κ1) is 25.2. The highest BCUT2D eigenvalue weighted by Crippen LogP contribution is 2.34. The lowest BCUT2D eigenvalue weighted by Crippen LogP contribution is -2.48. The number of hydrogen-bond acceptors (Lipinski definition) is 5. The number of para-hydroxylation sites is 1. The van der Waals surface area contributed by atoms with E-state index < -0.39 is 0 Å². The van der Waals surface area contributed by atoms with E-state index in [4.69, 9.17) is 9.47 Å². The van der Waals surface area contributed by atoms with Crippen LogP contribution in [0.4, 0.5) is 0 Å². The molecule has 0 radical (unpaired) electrons. The highest BCUT2D eigenvalue weighted by atomic mass is 32.1. The Bertz CT molecular complexity index is 927. The zero-order valence-electron chi connectivity index (χ0n) is 20.2. The Morgan fingerprint density at radius 1 is 1.24 bits per heavy atom. The molecular weight excluding hydrogens is 436 g/mol. The normalized spacial score (nSPS) is 15.4. The number of rotatable bonds is 11. The summed E-state index contributed by atoms with van der Waals surface area (Å²) in [5.41, 5.74) is 2.23. The predicted octanol–water partition coefficient (Wildman–Crippen LogP) is 4.47. The Hall–Kier alpha value is -2.38. The summed E-state index contributed by atoms with van der Waals surface area (Å²) in [7, 11) is 1.65. The van der Waals surface area contributed by atoms with Crippen molar-refractivity contribution in [2.45, 2.75) is 46.1 Å². The molecule has 0 N–H and O–H groups in total. The average Bonchev–Trinajstić information content (AvgIpc) is 3.26. The van der Waals surface area contributed by atoms with E-state index >= 15 is 0 Å². The lowest BCUT2D eigenvalue weighted by atomic mass is 10.00. The number of methoxy groups -OCH3 is 1. The maximum absolute atomic E-state index is 13.5. The monoisotopic (exact) mass is 472 g/mol. The van der Waals surface area contributed by atoms with Gasteiger partial charge in [0, 0.05) is 38.1 Å². The standard InChI is InChI=1S/C26H36N2O4S/c1-19(2)16-25(29)27(12-7-14-31-4)17-26(30)28-13-10-24-21(11-15-33-24)22(28)18-32-23-9-6-5-8-20(23)3/h5-6,8-9,11,15,19,22H,7,10,12-14,16-18H2,1-4H3. The molecule has 1 atom stereocenters. The van der Waals surface area contributed by atoms with Crippen LogP contribution in [0.15, 0.2) is 35.7 Å². The summed E-state index contributed by atoms with van der Waals surface area (Å²) in [5.74, 6) is 1.08. The second-order valence-corrected chi connectivity index (χ2v) is 9.99. The van der Waals surface area contributed by atoms with Crippen LogP contribution in [0.5, 0.6) is 5.75 Å². The third-order valence-corrected chi connectivity index (χ3v) is 6.94. The molecule has 2 aromatic rings. The van der Waals surface area contributed by atoms with Gasteiger partial charge in [-0.2, -0.15) is 0 Å². The van der Waals surface area contributed by atoms with Gasteiger partial charge in [0.1, 0.15) is 12.4 Å². The molecule has 0 saturated heterocycles. The average molecular weight is 473 g/mol. The summed E-state index contributed by atoms with van der Waals surface area (Å²) in [5, 5.41) is 2.09. The number of aryl methyl sites for hydroxylation is 1. The molecule has 1 aliphatic heterocycles. The van der Waals surface area contributed by atoms with E-state index in [0.717, 1.165) is 23.3 Å². The molecule has 1 unspecified atom stereocenters. The third kappa shape index (κ3) is 6.81. The molecule has 6 nitrogen and oxygen atoms in total. The quantitative estimate of drug-likeness (QED) is 0.453. The van der Waals surface area contributed by atoms with Gasteiger partial charge >= 0.3 is 0 Å². The van der Waals surface area contributed by atoms with Crippen LogP contribution in [0, 0.1) is 12.8 Å². The minimum Gasteiger partial charge on any atom is -0.491 e. The number of carbonyl (C=O) groups excluding carboxylic acids is 2. The van der Waals surface area contributed by atoms with Gasteiger partial charge in [0.15, 0.2) is 0 Å². The van der Waals surface area contributed by atoms with Crippen LogP contribution in [0.1, 0.15) is 48.7 Å². The van der Waals surface area contributed by atoms with Gasteiger partial charge in [0.2, 0.25) is 11.8 Å². The van der Waals surface area contributed by atoms with Gasteiger partial charge in [0.05, 0.1) is 12.6 Å². The lowest BCUT2D eigenvalue weighted by molar-refractivity contribution is -0.143. The van der Waals surface area contributed by atoms with Crippen molar-refractivity contribution in [3.05, 3.63) is 51.7 Å². The molecule has 3 rings (SSSR count). The molecule has 1 aromatic heterocycles. The Balaban J connectivity index is 1.75.